The smallest absolute Gasteiger partial charge is 0.407 e. The highest BCUT2D eigenvalue weighted by Crippen LogP contribution is 2.54. The van der Waals surface area contributed by atoms with Crippen molar-refractivity contribution >= 4 is 45.8 Å². The van der Waals surface area contributed by atoms with E-state index in [1.807, 2.05) is 60.0 Å². The standard InChI is InChI=1S/C47H53FN8O7/c1-23(2)38(53-46(59)61-3)44(57)55-30-9-5-28(18-30)41(55)43-50-34-12-8-27-17-25(6-10-31(27)40(34)52-43)26-7-11-32(33(48)19-26)35-22-49-42(51-35)37-21-29-20-36(29)56(37)45(58)39(54-47(60)62-4)24-13-15-63-16-14-24/h6-8,10-12,17,19,22-24,28-30,36-39,41H,5,9,13-16,18,20-21H2,1-4H3,(H,49,51)(H,50,52)(H,53,59)(H,54,60)/t28-,29+,30+,36+,37-,38-,39?,41-/m0/s1. The molecule has 15 nitrogen and oxygen atoms in total. The number of aromatic amines is 2. The predicted molar refractivity (Wildman–Crippen MR) is 230 cm³/mol. The number of methoxy groups -OCH3 is 2. The molecule has 330 valence electrons. The molecular formula is C47H53FN8O7. The number of nitrogens with zero attached hydrogens (tertiary/aromatic N) is 4. The molecule has 16 heteroatoms. The van der Waals surface area contributed by atoms with Crippen molar-refractivity contribution in [3.8, 4) is 22.4 Å². The molecule has 8 atom stereocenters. The molecule has 3 aromatic carbocycles. The molecule has 10 rings (SSSR count). The van der Waals surface area contributed by atoms with Crippen LogP contribution in [0.4, 0.5) is 14.0 Å². The zero-order chi connectivity index (χ0) is 43.7. The molecule has 2 aromatic heterocycles. The summed E-state index contributed by atoms with van der Waals surface area (Å²) in [5.41, 5.74) is 4.10. The molecule has 5 heterocycles. The lowest BCUT2D eigenvalue weighted by Gasteiger charge is -2.37. The molecule has 2 saturated carbocycles. The summed E-state index contributed by atoms with van der Waals surface area (Å²) in [6.45, 7) is 4.89. The normalized spacial score (nSPS) is 25.0. The molecule has 3 aliphatic heterocycles. The van der Waals surface area contributed by atoms with Crippen LogP contribution in [0.25, 0.3) is 44.2 Å². The van der Waals surface area contributed by atoms with E-state index in [0.29, 0.717) is 54.6 Å². The number of alkyl carbamates (subject to hydrolysis) is 2. The fourth-order valence-electron chi connectivity index (χ4n) is 11.0. The van der Waals surface area contributed by atoms with Crippen molar-refractivity contribution in [3.63, 3.8) is 0 Å². The van der Waals surface area contributed by atoms with E-state index in [-0.39, 0.29) is 53.7 Å². The molecule has 5 aromatic rings. The van der Waals surface area contributed by atoms with Crippen molar-refractivity contribution in [2.24, 2.45) is 23.7 Å². The molecule has 2 aliphatic carbocycles. The average Bonchev–Trinajstić information content (AvgIpc) is 3.91. The van der Waals surface area contributed by atoms with Crippen LogP contribution in [0.15, 0.2) is 54.7 Å². The lowest BCUT2D eigenvalue weighted by molar-refractivity contribution is -0.139. The zero-order valence-corrected chi connectivity index (χ0v) is 35.9. The van der Waals surface area contributed by atoms with Crippen LogP contribution in [0.3, 0.4) is 0 Å². The van der Waals surface area contributed by atoms with Gasteiger partial charge in [0, 0.05) is 36.2 Å². The Morgan fingerprint density at radius 3 is 2.35 bits per heavy atom. The number of carbonyl (C=O) groups is 4. The number of imidazole rings is 2. The Morgan fingerprint density at radius 1 is 0.825 bits per heavy atom. The molecule has 2 bridgehead atoms. The minimum Gasteiger partial charge on any atom is -0.453 e. The van der Waals surface area contributed by atoms with Crippen LogP contribution >= 0.6 is 0 Å². The topological polar surface area (TPSA) is 184 Å². The van der Waals surface area contributed by atoms with Gasteiger partial charge in [0.15, 0.2) is 0 Å². The summed E-state index contributed by atoms with van der Waals surface area (Å²) >= 11 is 0. The summed E-state index contributed by atoms with van der Waals surface area (Å²) in [7, 11) is 2.59. The van der Waals surface area contributed by atoms with E-state index >= 15 is 4.39 Å². The van der Waals surface area contributed by atoms with Crippen LogP contribution in [0.1, 0.15) is 82.5 Å². The molecule has 63 heavy (non-hydrogen) atoms. The number of rotatable bonds is 10. The Balaban J connectivity index is 0.880. The Bertz CT molecular complexity index is 2600. The number of fused-ring (bicyclic) bond motifs is 6. The molecule has 4 N–H and O–H groups in total. The van der Waals surface area contributed by atoms with E-state index in [2.05, 4.69) is 25.6 Å². The fraction of sp³-hybridized carbons (Fsp3) is 0.489. The van der Waals surface area contributed by atoms with Gasteiger partial charge in [0.05, 0.1) is 49.2 Å². The third-order valence-electron chi connectivity index (χ3n) is 14.3. The average molecular weight is 861 g/mol. The monoisotopic (exact) mass is 860 g/mol. The van der Waals surface area contributed by atoms with Gasteiger partial charge in [0.2, 0.25) is 11.8 Å². The van der Waals surface area contributed by atoms with Crippen LogP contribution in [-0.4, -0.2) is 105 Å². The van der Waals surface area contributed by atoms with Gasteiger partial charge in [-0.1, -0.05) is 38.1 Å². The molecule has 0 spiro atoms. The number of hydrogen-bond donors (Lipinski definition) is 4. The minimum absolute atomic E-state index is 0.0742. The van der Waals surface area contributed by atoms with E-state index in [1.165, 1.54) is 20.3 Å². The van der Waals surface area contributed by atoms with E-state index in [4.69, 9.17) is 19.2 Å². The lowest BCUT2D eigenvalue weighted by atomic mass is 9.90. The largest absolute Gasteiger partial charge is 0.453 e. The van der Waals surface area contributed by atoms with E-state index < -0.39 is 30.1 Å². The van der Waals surface area contributed by atoms with E-state index in [9.17, 15) is 19.2 Å². The Morgan fingerprint density at radius 2 is 1.59 bits per heavy atom. The molecule has 1 unspecified atom stereocenters. The van der Waals surface area contributed by atoms with Crippen LogP contribution in [0.5, 0.6) is 0 Å². The highest BCUT2D eigenvalue weighted by molar-refractivity contribution is 6.05. The van der Waals surface area contributed by atoms with Crippen LogP contribution in [-0.2, 0) is 23.8 Å². The maximum Gasteiger partial charge on any atom is 0.407 e. The number of ether oxygens (including phenoxy) is 3. The number of halogens is 1. The number of benzene rings is 3. The van der Waals surface area contributed by atoms with Gasteiger partial charge in [0.25, 0.3) is 0 Å². The number of amides is 4. The molecule has 5 fully saturated rings. The fourth-order valence-corrected chi connectivity index (χ4v) is 11.0. The Hall–Kier alpha value is -6.03. The number of likely N-dealkylation sites (tertiary alicyclic amines) is 2. The summed E-state index contributed by atoms with van der Waals surface area (Å²) < 4.78 is 31.4. The van der Waals surface area contributed by atoms with Crippen molar-refractivity contribution in [1.82, 2.24) is 40.4 Å². The molecular weight excluding hydrogens is 808 g/mol. The number of nitrogens with one attached hydrogen (secondary N) is 4. The predicted octanol–water partition coefficient (Wildman–Crippen LogP) is 7.16. The first-order valence-corrected chi connectivity index (χ1v) is 22.2. The number of aromatic nitrogens is 4. The van der Waals surface area contributed by atoms with Gasteiger partial charge in [-0.05, 0) is 109 Å². The number of piperidine rings is 2. The number of hydrogen-bond acceptors (Lipinski definition) is 9. The number of H-pyrrole nitrogens is 2. The summed E-state index contributed by atoms with van der Waals surface area (Å²) in [4.78, 5) is 73.4. The van der Waals surface area contributed by atoms with E-state index in [1.54, 1.807) is 12.3 Å². The third kappa shape index (κ3) is 7.35. The van der Waals surface area contributed by atoms with Crippen molar-refractivity contribution in [2.75, 3.05) is 27.4 Å². The SMILES string of the molecule is COC(=O)NC(C(=O)N1[C@@H]2C[C@@H]2C[C@H]1c1ncc(-c2ccc(-c3ccc4c(ccc5[nH]c([C@@H]6[C@H]7CC[C@H](C7)N6C(=O)[C@@H](NC(=O)OC)C(C)C)nc54)c3)cc2F)[nH]1)C1CCOCC1. The van der Waals surface area contributed by atoms with Gasteiger partial charge in [-0.15, -0.1) is 0 Å². The number of carbonyl (C=O) groups excluding carboxylic acids is 4. The van der Waals surface area contributed by atoms with Crippen LogP contribution in [0, 0.1) is 29.5 Å². The lowest BCUT2D eigenvalue weighted by Crippen LogP contribution is -2.54. The Kier molecular flexibility index (Phi) is 10.6. The zero-order valence-electron chi connectivity index (χ0n) is 35.9. The highest BCUT2D eigenvalue weighted by Gasteiger charge is 2.57. The first-order valence-electron chi connectivity index (χ1n) is 22.2. The van der Waals surface area contributed by atoms with Gasteiger partial charge in [-0.2, -0.15) is 0 Å². The Labute approximate surface area is 363 Å². The van der Waals surface area contributed by atoms with Crippen molar-refractivity contribution < 1.29 is 37.8 Å². The van der Waals surface area contributed by atoms with Crippen molar-refractivity contribution in [1.29, 1.82) is 0 Å². The maximum absolute atomic E-state index is 16.1. The second-order valence-corrected chi connectivity index (χ2v) is 18.3. The minimum atomic E-state index is -0.738. The van der Waals surface area contributed by atoms with Gasteiger partial charge >= 0.3 is 12.2 Å². The van der Waals surface area contributed by atoms with E-state index in [0.717, 1.165) is 65.3 Å². The third-order valence-corrected chi connectivity index (χ3v) is 14.3. The highest BCUT2D eigenvalue weighted by atomic mass is 19.1. The molecule has 5 aliphatic rings. The first-order chi connectivity index (χ1) is 30.5. The molecule has 0 radical (unpaired) electrons. The summed E-state index contributed by atoms with van der Waals surface area (Å²) in [6.07, 6.45) is 6.14. The summed E-state index contributed by atoms with van der Waals surface area (Å²) in [5.74, 6) is 1.06. The van der Waals surface area contributed by atoms with Gasteiger partial charge in [-0.25, -0.2) is 23.9 Å². The van der Waals surface area contributed by atoms with Crippen LogP contribution in [0.2, 0.25) is 0 Å². The first kappa shape index (κ1) is 41.0. The summed E-state index contributed by atoms with van der Waals surface area (Å²) in [5, 5.41) is 7.45. The summed E-state index contributed by atoms with van der Waals surface area (Å²) in [6, 6.07) is 13.3. The van der Waals surface area contributed by atoms with Crippen molar-refractivity contribution in [3.05, 3.63) is 72.2 Å². The second-order valence-electron chi connectivity index (χ2n) is 18.3. The maximum atomic E-state index is 16.1. The molecule has 4 amide bonds. The second kappa shape index (κ2) is 16.3. The van der Waals surface area contributed by atoms with Gasteiger partial charge in [-0.3, -0.25) is 9.59 Å². The van der Waals surface area contributed by atoms with Crippen molar-refractivity contribution in [2.45, 2.75) is 95.0 Å². The molecule has 3 saturated heterocycles. The van der Waals surface area contributed by atoms with Crippen LogP contribution < -0.4 is 10.6 Å². The van der Waals surface area contributed by atoms with Gasteiger partial charge in [0.1, 0.15) is 29.5 Å². The van der Waals surface area contributed by atoms with Gasteiger partial charge < -0.3 is 44.6 Å². The quantitative estimate of drug-likeness (QED) is 0.113.